The minimum Gasteiger partial charge on any atom is -0.315 e. The molecule has 0 bridgehead atoms. The van der Waals surface area contributed by atoms with Crippen LogP contribution in [0.3, 0.4) is 0 Å². The van der Waals surface area contributed by atoms with Gasteiger partial charge in [-0.2, -0.15) is 5.10 Å². The Bertz CT molecular complexity index is 533. The third kappa shape index (κ3) is 2.12. The van der Waals surface area contributed by atoms with E-state index in [2.05, 4.69) is 17.3 Å². The minimum atomic E-state index is -0.0182. The average Bonchev–Trinajstić information content (AvgIpc) is 2.33. The van der Waals surface area contributed by atoms with E-state index in [1.165, 1.54) is 6.20 Å². The molecule has 0 unspecified atom stereocenters. The minimum absolute atomic E-state index is 0.0182. The van der Waals surface area contributed by atoms with Crippen molar-refractivity contribution in [3.05, 3.63) is 40.7 Å². The van der Waals surface area contributed by atoms with Gasteiger partial charge in [0.1, 0.15) is 0 Å². The van der Waals surface area contributed by atoms with Crippen LogP contribution in [0.4, 0.5) is 0 Å². The summed E-state index contributed by atoms with van der Waals surface area (Å²) in [6, 6.07) is 7.56. The summed E-state index contributed by atoms with van der Waals surface area (Å²) in [5, 5.41) is 8.11. The van der Waals surface area contributed by atoms with Gasteiger partial charge in [-0.15, -0.1) is 0 Å². The van der Waals surface area contributed by atoms with E-state index in [1.54, 1.807) is 0 Å². The first-order chi connectivity index (χ1) is 7.83. The number of fused-ring (bicyclic) bond motifs is 1. The first-order valence-electron chi connectivity index (χ1n) is 5.48. The monoisotopic (exact) mass is 217 g/mol. The predicted molar refractivity (Wildman–Crippen MR) is 64.5 cm³/mol. The molecule has 0 fully saturated rings. The van der Waals surface area contributed by atoms with Gasteiger partial charge in [-0.3, -0.25) is 9.48 Å². The van der Waals surface area contributed by atoms with E-state index in [0.717, 1.165) is 30.5 Å². The maximum Gasteiger partial charge on any atom is 0.207 e. The Morgan fingerprint density at radius 1 is 1.38 bits per heavy atom. The zero-order valence-electron chi connectivity index (χ0n) is 9.31. The van der Waals surface area contributed by atoms with Gasteiger partial charge in [0.2, 0.25) is 5.43 Å². The third-order valence-electron chi connectivity index (χ3n) is 2.51. The Kier molecular flexibility index (Phi) is 3.31. The van der Waals surface area contributed by atoms with Crippen LogP contribution in [0.2, 0.25) is 0 Å². The molecular formula is C12H15N3O. The summed E-state index contributed by atoms with van der Waals surface area (Å²) in [6.07, 6.45) is 1.38. The highest BCUT2D eigenvalue weighted by molar-refractivity contribution is 5.77. The molecule has 4 nitrogen and oxygen atoms in total. The van der Waals surface area contributed by atoms with Crippen molar-refractivity contribution in [3.8, 4) is 0 Å². The van der Waals surface area contributed by atoms with Crippen molar-refractivity contribution in [3.63, 3.8) is 0 Å². The Morgan fingerprint density at radius 3 is 3.00 bits per heavy atom. The topological polar surface area (TPSA) is 46.9 Å². The van der Waals surface area contributed by atoms with Crippen LogP contribution < -0.4 is 10.7 Å². The summed E-state index contributed by atoms with van der Waals surface area (Å²) >= 11 is 0. The first-order valence-corrected chi connectivity index (χ1v) is 5.48. The van der Waals surface area contributed by atoms with Gasteiger partial charge in [-0.05, 0) is 18.7 Å². The van der Waals surface area contributed by atoms with Crippen molar-refractivity contribution in [2.75, 3.05) is 13.1 Å². The Hall–Kier alpha value is -1.68. The molecule has 0 aliphatic heterocycles. The molecule has 1 N–H and O–H groups in total. The number of likely N-dealkylation sites (N-methyl/N-ethyl adjacent to an activating group) is 1. The fourth-order valence-electron chi connectivity index (χ4n) is 1.70. The van der Waals surface area contributed by atoms with Gasteiger partial charge in [0.25, 0.3) is 0 Å². The van der Waals surface area contributed by atoms with Gasteiger partial charge >= 0.3 is 0 Å². The van der Waals surface area contributed by atoms with E-state index < -0.39 is 0 Å². The molecule has 16 heavy (non-hydrogen) atoms. The molecule has 0 saturated carbocycles. The van der Waals surface area contributed by atoms with Crippen LogP contribution in [0.25, 0.3) is 10.9 Å². The molecule has 4 heteroatoms. The number of hydrogen-bond acceptors (Lipinski definition) is 3. The molecular weight excluding hydrogens is 202 g/mol. The molecule has 2 rings (SSSR count). The van der Waals surface area contributed by atoms with Crippen LogP contribution in [0, 0.1) is 0 Å². The summed E-state index contributed by atoms with van der Waals surface area (Å²) in [7, 11) is 0. The van der Waals surface area contributed by atoms with Crippen molar-refractivity contribution in [1.82, 2.24) is 15.1 Å². The molecule has 1 aromatic heterocycles. The zero-order chi connectivity index (χ0) is 11.4. The molecule has 0 atom stereocenters. The highest BCUT2D eigenvalue weighted by atomic mass is 16.1. The number of rotatable bonds is 4. The molecule has 0 saturated heterocycles. The molecule has 2 aromatic rings. The lowest BCUT2D eigenvalue weighted by molar-refractivity contribution is 0.572. The smallest absolute Gasteiger partial charge is 0.207 e. The van der Waals surface area contributed by atoms with Crippen molar-refractivity contribution in [2.24, 2.45) is 0 Å². The predicted octanol–water partition coefficient (Wildman–Crippen LogP) is 1.01. The standard InChI is InChI=1S/C12H15N3O/c1-2-13-7-8-15-11-6-4-3-5-10(11)12(16)9-14-15/h3-6,9,13H,2,7-8H2,1H3. The fraction of sp³-hybridized carbons (Fsp3) is 0.333. The number of nitrogens with zero attached hydrogens (tertiary/aromatic N) is 2. The number of para-hydroxylation sites is 1. The van der Waals surface area contributed by atoms with E-state index in [9.17, 15) is 4.79 Å². The lowest BCUT2D eigenvalue weighted by atomic mass is 10.2. The summed E-state index contributed by atoms with van der Waals surface area (Å²) in [6.45, 7) is 4.64. The number of benzene rings is 1. The molecule has 0 aliphatic rings. The van der Waals surface area contributed by atoms with Crippen molar-refractivity contribution in [2.45, 2.75) is 13.5 Å². The van der Waals surface area contributed by atoms with Gasteiger partial charge in [-0.1, -0.05) is 19.1 Å². The van der Waals surface area contributed by atoms with Crippen LogP contribution in [-0.2, 0) is 6.54 Å². The van der Waals surface area contributed by atoms with E-state index in [-0.39, 0.29) is 5.43 Å². The zero-order valence-corrected chi connectivity index (χ0v) is 9.31. The Balaban J connectivity index is 2.38. The van der Waals surface area contributed by atoms with Crippen LogP contribution >= 0.6 is 0 Å². The first kappa shape index (κ1) is 10.8. The summed E-state index contributed by atoms with van der Waals surface area (Å²) in [5.41, 5.74) is 0.878. The lowest BCUT2D eigenvalue weighted by Gasteiger charge is -2.08. The van der Waals surface area contributed by atoms with E-state index >= 15 is 0 Å². The van der Waals surface area contributed by atoms with Crippen molar-refractivity contribution in [1.29, 1.82) is 0 Å². The Labute approximate surface area is 93.9 Å². The molecule has 1 heterocycles. The number of hydrogen-bond donors (Lipinski definition) is 1. The second-order valence-corrected chi connectivity index (χ2v) is 3.60. The maximum absolute atomic E-state index is 11.6. The quantitative estimate of drug-likeness (QED) is 0.777. The number of aromatic nitrogens is 2. The summed E-state index contributed by atoms with van der Waals surface area (Å²) < 4.78 is 1.86. The normalized spacial score (nSPS) is 10.8. The molecule has 0 amide bonds. The van der Waals surface area contributed by atoms with Crippen molar-refractivity contribution >= 4 is 10.9 Å². The van der Waals surface area contributed by atoms with Crippen LogP contribution in [0.15, 0.2) is 35.3 Å². The lowest BCUT2D eigenvalue weighted by Crippen LogP contribution is -2.22. The molecule has 0 radical (unpaired) electrons. The summed E-state index contributed by atoms with van der Waals surface area (Å²) in [4.78, 5) is 11.6. The van der Waals surface area contributed by atoms with E-state index in [4.69, 9.17) is 0 Å². The average molecular weight is 217 g/mol. The highest BCUT2D eigenvalue weighted by Gasteiger charge is 2.01. The number of nitrogens with one attached hydrogen (secondary N) is 1. The van der Waals surface area contributed by atoms with E-state index in [0.29, 0.717) is 0 Å². The Morgan fingerprint density at radius 2 is 2.19 bits per heavy atom. The molecule has 0 spiro atoms. The second kappa shape index (κ2) is 4.90. The molecule has 0 aliphatic carbocycles. The fourth-order valence-corrected chi connectivity index (χ4v) is 1.70. The van der Waals surface area contributed by atoms with Gasteiger partial charge in [-0.25, -0.2) is 0 Å². The highest BCUT2D eigenvalue weighted by Crippen LogP contribution is 2.06. The van der Waals surface area contributed by atoms with Gasteiger partial charge < -0.3 is 5.32 Å². The maximum atomic E-state index is 11.6. The van der Waals surface area contributed by atoms with Crippen LogP contribution in [0.5, 0.6) is 0 Å². The van der Waals surface area contributed by atoms with Gasteiger partial charge in [0.05, 0.1) is 18.3 Å². The molecule has 84 valence electrons. The third-order valence-corrected chi connectivity index (χ3v) is 2.51. The summed E-state index contributed by atoms with van der Waals surface area (Å²) in [5.74, 6) is 0. The van der Waals surface area contributed by atoms with Crippen molar-refractivity contribution < 1.29 is 0 Å². The van der Waals surface area contributed by atoms with Gasteiger partial charge in [0.15, 0.2) is 0 Å². The largest absolute Gasteiger partial charge is 0.315 e. The van der Waals surface area contributed by atoms with Crippen LogP contribution in [0.1, 0.15) is 6.92 Å². The molecule has 1 aromatic carbocycles. The van der Waals surface area contributed by atoms with Gasteiger partial charge in [0, 0.05) is 11.9 Å². The SMILES string of the molecule is CCNCCn1ncc(=O)c2ccccc21. The second-order valence-electron chi connectivity index (χ2n) is 3.60. The van der Waals surface area contributed by atoms with Crippen LogP contribution in [-0.4, -0.2) is 22.9 Å². The van der Waals surface area contributed by atoms with E-state index in [1.807, 2.05) is 28.9 Å².